The molecular weight excluding hydrogens is 314 g/mol. The van der Waals surface area contributed by atoms with Gasteiger partial charge in [0.2, 0.25) is 5.91 Å². The van der Waals surface area contributed by atoms with Crippen molar-refractivity contribution in [3.63, 3.8) is 0 Å². The quantitative estimate of drug-likeness (QED) is 0.605. The second kappa shape index (κ2) is 9.42. The van der Waals surface area contributed by atoms with E-state index in [1.165, 1.54) is 5.56 Å². The number of hydrogen-bond acceptors (Lipinski definition) is 3. The van der Waals surface area contributed by atoms with Crippen molar-refractivity contribution in [1.29, 1.82) is 0 Å². The van der Waals surface area contributed by atoms with Crippen LogP contribution in [0.1, 0.15) is 30.9 Å². The van der Waals surface area contributed by atoms with Crippen molar-refractivity contribution < 1.29 is 4.79 Å². The Morgan fingerprint density at radius 1 is 1.40 bits per heavy atom. The van der Waals surface area contributed by atoms with Gasteiger partial charge >= 0.3 is 0 Å². The van der Waals surface area contributed by atoms with Gasteiger partial charge in [0.15, 0.2) is 5.96 Å². The van der Waals surface area contributed by atoms with Crippen molar-refractivity contribution in [2.24, 2.45) is 16.6 Å². The summed E-state index contributed by atoms with van der Waals surface area (Å²) in [6, 6.07) is 10.7. The summed E-state index contributed by atoms with van der Waals surface area (Å²) in [4.78, 5) is 20.1. The van der Waals surface area contributed by atoms with Crippen molar-refractivity contribution in [2.75, 3.05) is 40.8 Å². The highest BCUT2D eigenvalue weighted by Crippen LogP contribution is 2.20. The molecule has 1 aliphatic rings. The van der Waals surface area contributed by atoms with E-state index in [-0.39, 0.29) is 11.9 Å². The van der Waals surface area contributed by atoms with Crippen LogP contribution in [0.3, 0.4) is 0 Å². The minimum atomic E-state index is -0.216. The van der Waals surface area contributed by atoms with Crippen LogP contribution in [0.15, 0.2) is 35.3 Å². The van der Waals surface area contributed by atoms with E-state index in [9.17, 15) is 4.79 Å². The van der Waals surface area contributed by atoms with Gasteiger partial charge in [-0.1, -0.05) is 30.3 Å². The van der Waals surface area contributed by atoms with E-state index in [0.717, 1.165) is 38.4 Å². The van der Waals surface area contributed by atoms with Crippen molar-refractivity contribution in [1.82, 2.24) is 15.1 Å². The van der Waals surface area contributed by atoms with Crippen LogP contribution in [0.5, 0.6) is 0 Å². The fourth-order valence-corrected chi connectivity index (χ4v) is 3.50. The molecule has 1 fully saturated rings. The van der Waals surface area contributed by atoms with Gasteiger partial charge in [0.1, 0.15) is 0 Å². The Labute approximate surface area is 151 Å². The molecular formula is C19H31N5O. The number of carbonyl (C=O) groups is 1. The molecule has 1 aliphatic heterocycles. The van der Waals surface area contributed by atoms with E-state index in [0.29, 0.717) is 12.3 Å². The SMILES string of the molecule is CN=C(NCC(c1ccccc1)N(C)C)N1CCCC(CC(N)=O)C1. The van der Waals surface area contributed by atoms with Gasteiger partial charge in [-0.05, 0) is 38.4 Å². The van der Waals surface area contributed by atoms with Gasteiger partial charge < -0.3 is 20.9 Å². The predicted octanol–water partition coefficient (Wildman–Crippen LogP) is 1.45. The molecule has 25 heavy (non-hydrogen) atoms. The zero-order valence-electron chi connectivity index (χ0n) is 15.6. The Morgan fingerprint density at radius 2 is 2.12 bits per heavy atom. The molecule has 1 aromatic carbocycles. The molecule has 2 unspecified atom stereocenters. The van der Waals surface area contributed by atoms with E-state index in [4.69, 9.17) is 5.73 Å². The molecule has 0 radical (unpaired) electrons. The minimum Gasteiger partial charge on any atom is -0.370 e. The van der Waals surface area contributed by atoms with Crippen LogP contribution in [0.25, 0.3) is 0 Å². The monoisotopic (exact) mass is 345 g/mol. The summed E-state index contributed by atoms with van der Waals surface area (Å²) in [7, 11) is 5.99. The minimum absolute atomic E-state index is 0.216. The third-order valence-corrected chi connectivity index (χ3v) is 4.78. The first-order chi connectivity index (χ1) is 12.0. The summed E-state index contributed by atoms with van der Waals surface area (Å²) >= 11 is 0. The van der Waals surface area contributed by atoms with E-state index >= 15 is 0 Å². The topological polar surface area (TPSA) is 74.0 Å². The lowest BCUT2D eigenvalue weighted by Gasteiger charge is -2.35. The van der Waals surface area contributed by atoms with Crippen molar-refractivity contribution in [3.05, 3.63) is 35.9 Å². The second-order valence-electron chi connectivity index (χ2n) is 6.94. The van der Waals surface area contributed by atoms with Gasteiger partial charge in [-0.15, -0.1) is 0 Å². The number of guanidine groups is 1. The first kappa shape index (κ1) is 19.2. The van der Waals surface area contributed by atoms with E-state index in [2.05, 4.69) is 58.5 Å². The Balaban J connectivity index is 1.97. The Bertz CT molecular complexity index is 572. The largest absolute Gasteiger partial charge is 0.370 e. The number of likely N-dealkylation sites (N-methyl/N-ethyl adjacent to an activating group) is 1. The van der Waals surface area contributed by atoms with Crippen LogP contribution in [0.4, 0.5) is 0 Å². The van der Waals surface area contributed by atoms with Crippen LogP contribution < -0.4 is 11.1 Å². The maximum absolute atomic E-state index is 11.2. The number of carbonyl (C=O) groups excluding carboxylic acids is 1. The number of nitrogens with two attached hydrogens (primary N) is 1. The number of nitrogens with zero attached hydrogens (tertiary/aromatic N) is 3. The van der Waals surface area contributed by atoms with Crippen LogP contribution in [0.2, 0.25) is 0 Å². The van der Waals surface area contributed by atoms with Gasteiger partial charge in [0, 0.05) is 33.1 Å². The highest BCUT2D eigenvalue weighted by Gasteiger charge is 2.24. The summed E-state index contributed by atoms with van der Waals surface area (Å²) in [6.45, 7) is 2.58. The number of aliphatic imine (C=N–C) groups is 1. The molecule has 6 heteroatoms. The molecule has 0 saturated carbocycles. The number of nitrogens with one attached hydrogen (secondary N) is 1. The summed E-state index contributed by atoms with van der Waals surface area (Å²) < 4.78 is 0. The fraction of sp³-hybridized carbons (Fsp3) is 0.579. The van der Waals surface area contributed by atoms with E-state index < -0.39 is 0 Å². The number of rotatable bonds is 6. The smallest absolute Gasteiger partial charge is 0.217 e. The van der Waals surface area contributed by atoms with Crippen LogP contribution in [-0.4, -0.2) is 62.4 Å². The molecule has 6 nitrogen and oxygen atoms in total. The second-order valence-corrected chi connectivity index (χ2v) is 6.94. The molecule has 0 spiro atoms. The van der Waals surface area contributed by atoms with Gasteiger partial charge in [0.25, 0.3) is 0 Å². The highest BCUT2D eigenvalue weighted by molar-refractivity contribution is 5.80. The first-order valence-corrected chi connectivity index (χ1v) is 8.96. The van der Waals surface area contributed by atoms with Crippen LogP contribution in [-0.2, 0) is 4.79 Å². The lowest BCUT2D eigenvalue weighted by atomic mass is 9.95. The van der Waals surface area contributed by atoms with Crippen molar-refractivity contribution in [3.8, 4) is 0 Å². The third-order valence-electron chi connectivity index (χ3n) is 4.78. The molecule has 138 valence electrons. The number of likely N-dealkylation sites (tertiary alicyclic amines) is 1. The molecule has 3 N–H and O–H groups in total. The Hall–Kier alpha value is -2.08. The van der Waals surface area contributed by atoms with Gasteiger partial charge in [0.05, 0.1) is 6.04 Å². The van der Waals surface area contributed by atoms with Crippen molar-refractivity contribution >= 4 is 11.9 Å². The normalized spacial score (nSPS) is 19.8. The molecule has 0 aliphatic carbocycles. The summed E-state index contributed by atoms with van der Waals surface area (Å²) in [5.41, 5.74) is 6.64. The Kier molecular flexibility index (Phi) is 7.25. The predicted molar refractivity (Wildman–Crippen MR) is 102 cm³/mol. The van der Waals surface area contributed by atoms with Crippen LogP contribution in [0, 0.1) is 5.92 Å². The molecule has 1 amide bonds. The number of primary amides is 1. The molecule has 1 saturated heterocycles. The lowest BCUT2D eigenvalue weighted by molar-refractivity contribution is -0.119. The number of hydrogen-bond donors (Lipinski definition) is 2. The van der Waals surface area contributed by atoms with E-state index in [1.807, 2.05) is 13.1 Å². The summed E-state index contributed by atoms with van der Waals surface area (Å²) in [5, 5.41) is 3.51. The van der Waals surface area contributed by atoms with Gasteiger partial charge in [-0.2, -0.15) is 0 Å². The lowest BCUT2D eigenvalue weighted by Crippen LogP contribution is -2.48. The number of benzene rings is 1. The molecule has 1 aromatic rings. The number of piperidine rings is 1. The first-order valence-electron chi connectivity index (χ1n) is 8.96. The maximum Gasteiger partial charge on any atom is 0.217 e. The highest BCUT2D eigenvalue weighted by atomic mass is 16.1. The van der Waals surface area contributed by atoms with Crippen molar-refractivity contribution in [2.45, 2.75) is 25.3 Å². The molecule has 0 aromatic heterocycles. The number of amides is 1. The average molecular weight is 345 g/mol. The van der Waals surface area contributed by atoms with Crippen LogP contribution >= 0.6 is 0 Å². The molecule has 2 rings (SSSR count). The zero-order chi connectivity index (χ0) is 18.2. The summed E-state index contributed by atoms with van der Waals surface area (Å²) in [5.74, 6) is 1.01. The third kappa shape index (κ3) is 5.74. The van der Waals surface area contributed by atoms with E-state index in [1.54, 1.807) is 0 Å². The van der Waals surface area contributed by atoms with Gasteiger partial charge in [-0.3, -0.25) is 9.79 Å². The average Bonchev–Trinajstić information content (AvgIpc) is 2.59. The Morgan fingerprint density at radius 3 is 2.72 bits per heavy atom. The maximum atomic E-state index is 11.2. The van der Waals surface area contributed by atoms with Gasteiger partial charge in [-0.25, -0.2) is 0 Å². The fourth-order valence-electron chi connectivity index (χ4n) is 3.50. The molecule has 2 atom stereocenters. The molecule has 1 heterocycles. The zero-order valence-corrected chi connectivity index (χ0v) is 15.6. The standard InChI is InChI=1S/C19H31N5O/c1-21-19(24-11-7-8-15(14-24)12-18(20)25)22-13-17(23(2)3)16-9-5-4-6-10-16/h4-6,9-10,15,17H,7-8,11-14H2,1-3H3,(H2,20,25)(H,21,22). The summed E-state index contributed by atoms with van der Waals surface area (Å²) in [6.07, 6.45) is 2.58. The molecule has 0 bridgehead atoms.